The van der Waals surface area contributed by atoms with Crippen molar-refractivity contribution in [2.24, 2.45) is 0 Å². The van der Waals surface area contributed by atoms with Gasteiger partial charge in [-0.2, -0.15) is 8.78 Å². The average Bonchev–Trinajstić information content (AvgIpc) is 2.60. The van der Waals surface area contributed by atoms with Crippen molar-refractivity contribution in [3.63, 3.8) is 0 Å². The van der Waals surface area contributed by atoms with Crippen molar-refractivity contribution < 1.29 is 23.0 Å². The Morgan fingerprint density at radius 2 is 1.80 bits per heavy atom. The normalized spacial score (nSPS) is 10.6. The Labute approximate surface area is 146 Å². The van der Waals surface area contributed by atoms with Crippen molar-refractivity contribution >= 4 is 5.91 Å². The van der Waals surface area contributed by atoms with Gasteiger partial charge < -0.3 is 14.4 Å². The number of halogens is 2. The van der Waals surface area contributed by atoms with Gasteiger partial charge in [-0.1, -0.05) is 36.4 Å². The van der Waals surface area contributed by atoms with E-state index in [1.165, 1.54) is 13.2 Å². The first-order valence-electron chi connectivity index (χ1n) is 7.89. The van der Waals surface area contributed by atoms with Gasteiger partial charge >= 0.3 is 6.61 Å². The predicted octanol–water partition coefficient (Wildman–Crippen LogP) is 3.89. The van der Waals surface area contributed by atoms with E-state index in [4.69, 9.17) is 4.74 Å². The van der Waals surface area contributed by atoms with Gasteiger partial charge in [-0.05, 0) is 29.7 Å². The Bertz CT molecular complexity index is 692. The summed E-state index contributed by atoms with van der Waals surface area (Å²) in [5.41, 5.74) is 1.79. The second-order valence-electron chi connectivity index (χ2n) is 5.60. The number of hydrogen-bond acceptors (Lipinski definition) is 3. The summed E-state index contributed by atoms with van der Waals surface area (Å²) in [4.78, 5) is 13.8. The van der Waals surface area contributed by atoms with Crippen LogP contribution < -0.4 is 9.47 Å². The van der Waals surface area contributed by atoms with Gasteiger partial charge in [-0.15, -0.1) is 0 Å². The molecule has 0 aliphatic heterocycles. The number of carbonyl (C=O) groups is 1. The molecular formula is C19H21F2NO3. The third kappa shape index (κ3) is 5.74. The maximum Gasteiger partial charge on any atom is 0.387 e. The Morgan fingerprint density at radius 3 is 2.44 bits per heavy atom. The van der Waals surface area contributed by atoms with Crippen LogP contribution in [0.25, 0.3) is 0 Å². The first-order chi connectivity index (χ1) is 12.0. The van der Waals surface area contributed by atoms with Crippen LogP contribution in [0.1, 0.15) is 17.5 Å². The molecule has 0 bridgehead atoms. The molecule has 0 fully saturated rings. The second-order valence-corrected chi connectivity index (χ2v) is 5.60. The molecule has 0 spiro atoms. The lowest BCUT2D eigenvalue weighted by Gasteiger charge is -2.18. The van der Waals surface area contributed by atoms with Crippen molar-refractivity contribution in [1.82, 2.24) is 4.90 Å². The maximum atomic E-state index is 12.5. The van der Waals surface area contributed by atoms with Crippen LogP contribution in [0.2, 0.25) is 0 Å². The molecule has 1 amide bonds. The van der Waals surface area contributed by atoms with Gasteiger partial charge in [0.15, 0.2) is 11.5 Å². The molecule has 4 nitrogen and oxygen atoms in total. The minimum atomic E-state index is -2.94. The minimum absolute atomic E-state index is 0.0176. The molecule has 2 aromatic rings. The van der Waals surface area contributed by atoms with E-state index >= 15 is 0 Å². The molecular weight excluding hydrogens is 328 g/mol. The van der Waals surface area contributed by atoms with E-state index < -0.39 is 6.61 Å². The number of rotatable bonds is 8. The van der Waals surface area contributed by atoms with Gasteiger partial charge in [-0.3, -0.25) is 4.79 Å². The minimum Gasteiger partial charge on any atom is -0.493 e. The van der Waals surface area contributed by atoms with Crippen molar-refractivity contribution in [3.8, 4) is 11.5 Å². The molecule has 0 saturated heterocycles. The van der Waals surface area contributed by atoms with E-state index in [1.807, 2.05) is 30.3 Å². The third-order valence-electron chi connectivity index (χ3n) is 3.76. The fourth-order valence-electron chi connectivity index (χ4n) is 2.46. The van der Waals surface area contributed by atoms with Gasteiger partial charge in [0, 0.05) is 20.0 Å². The van der Waals surface area contributed by atoms with Crippen LogP contribution in [0, 0.1) is 0 Å². The average molecular weight is 349 g/mol. The van der Waals surface area contributed by atoms with Crippen LogP contribution in [0.5, 0.6) is 11.5 Å². The highest BCUT2D eigenvalue weighted by Gasteiger charge is 2.14. The van der Waals surface area contributed by atoms with Crippen molar-refractivity contribution in [1.29, 1.82) is 0 Å². The Kier molecular flexibility index (Phi) is 6.74. The van der Waals surface area contributed by atoms with Crippen LogP contribution in [0.15, 0.2) is 48.5 Å². The largest absolute Gasteiger partial charge is 0.493 e. The van der Waals surface area contributed by atoms with Gasteiger partial charge in [-0.25, -0.2) is 0 Å². The Hall–Kier alpha value is -2.63. The number of carbonyl (C=O) groups excluding carboxylic acids is 1. The SMILES string of the molecule is COc1ccc(CN(C)C(=O)CCc2ccccc2)cc1OC(F)F. The quantitative estimate of drug-likeness (QED) is 0.726. The zero-order chi connectivity index (χ0) is 18.2. The highest BCUT2D eigenvalue weighted by atomic mass is 19.3. The van der Waals surface area contributed by atoms with Gasteiger partial charge in [0.1, 0.15) is 0 Å². The topological polar surface area (TPSA) is 38.8 Å². The van der Waals surface area contributed by atoms with Crippen LogP contribution in [-0.4, -0.2) is 31.6 Å². The van der Waals surface area contributed by atoms with Crippen LogP contribution in [0.4, 0.5) is 8.78 Å². The molecule has 2 rings (SSSR count). The molecule has 0 aliphatic rings. The first-order valence-corrected chi connectivity index (χ1v) is 7.89. The number of nitrogens with zero attached hydrogens (tertiary/aromatic N) is 1. The Balaban J connectivity index is 1.96. The molecule has 0 aliphatic carbocycles. The summed E-state index contributed by atoms with van der Waals surface area (Å²) in [5, 5.41) is 0. The first kappa shape index (κ1) is 18.7. The molecule has 0 atom stereocenters. The summed E-state index contributed by atoms with van der Waals surface area (Å²) in [6.07, 6.45) is 1.05. The monoisotopic (exact) mass is 349 g/mol. The van der Waals surface area contributed by atoms with Crippen molar-refractivity contribution in [2.45, 2.75) is 26.0 Å². The molecule has 0 aromatic heterocycles. The summed E-state index contributed by atoms with van der Waals surface area (Å²) < 4.78 is 34.4. The van der Waals surface area contributed by atoms with E-state index in [2.05, 4.69) is 4.74 Å². The van der Waals surface area contributed by atoms with E-state index in [1.54, 1.807) is 24.1 Å². The number of amides is 1. The number of benzene rings is 2. The molecule has 0 unspecified atom stereocenters. The van der Waals surface area contributed by atoms with Gasteiger partial charge in [0.05, 0.1) is 7.11 Å². The molecule has 25 heavy (non-hydrogen) atoms. The van der Waals surface area contributed by atoms with Crippen LogP contribution in [0.3, 0.4) is 0 Å². The van der Waals surface area contributed by atoms with E-state index in [0.717, 1.165) is 5.56 Å². The smallest absolute Gasteiger partial charge is 0.387 e. The van der Waals surface area contributed by atoms with Crippen LogP contribution >= 0.6 is 0 Å². The van der Waals surface area contributed by atoms with E-state index in [0.29, 0.717) is 24.9 Å². The molecule has 0 heterocycles. The molecule has 2 aromatic carbocycles. The van der Waals surface area contributed by atoms with E-state index in [-0.39, 0.29) is 17.4 Å². The highest BCUT2D eigenvalue weighted by molar-refractivity contribution is 5.76. The summed E-state index contributed by atoms with van der Waals surface area (Å²) in [7, 11) is 3.07. The number of ether oxygens (including phenoxy) is 2. The van der Waals surface area contributed by atoms with Gasteiger partial charge in [0.2, 0.25) is 5.91 Å². The fourth-order valence-corrected chi connectivity index (χ4v) is 2.46. The van der Waals surface area contributed by atoms with Crippen molar-refractivity contribution in [2.75, 3.05) is 14.2 Å². The summed E-state index contributed by atoms with van der Waals surface area (Å²) >= 11 is 0. The lowest BCUT2D eigenvalue weighted by molar-refractivity contribution is -0.130. The molecule has 0 N–H and O–H groups in total. The van der Waals surface area contributed by atoms with Crippen LogP contribution in [-0.2, 0) is 17.8 Å². The molecule has 6 heteroatoms. The third-order valence-corrected chi connectivity index (χ3v) is 3.76. The predicted molar refractivity (Wildman–Crippen MR) is 90.9 cm³/mol. The van der Waals surface area contributed by atoms with Gasteiger partial charge in [0.25, 0.3) is 0 Å². The molecule has 0 radical (unpaired) electrons. The zero-order valence-corrected chi connectivity index (χ0v) is 14.2. The zero-order valence-electron chi connectivity index (χ0n) is 14.2. The number of alkyl halides is 2. The molecule has 0 saturated carbocycles. The standard InChI is InChI=1S/C19H21F2NO3/c1-22(18(23)11-9-14-6-4-3-5-7-14)13-15-8-10-16(24-2)17(12-15)25-19(20)21/h3-8,10,12,19H,9,11,13H2,1-2H3. The summed E-state index contributed by atoms with van der Waals surface area (Å²) in [6, 6.07) is 14.5. The maximum absolute atomic E-state index is 12.5. The summed E-state index contributed by atoms with van der Waals surface area (Å²) in [6.45, 7) is -2.63. The van der Waals surface area contributed by atoms with E-state index in [9.17, 15) is 13.6 Å². The Morgan fingerprint density at radius 1 is 1.08 bits per heavy atom. The lowest BCUT2D eigenvalue weighted by Crippen LogP contribution is -2.26. The summed E-state index contributed by atoms with van der Waals surface area (Å²) in [5.74, 6) is 0.165. The fraction of sp³-hybridized carbons (Fsp3) is 0.316. The highest BCUT2D eigenvalue weighted by Crippen LogP contribution is 2.29. The second kappa shape index (κ2) is 9.01. The number of hydrogen-bond donors (Lipinski definition) is 0. The lowest BCUT2D eigenvalue weighted by atomic mass is 10.1. The number of aryl methyl sites for hydroxylation is 1. The van der Waals surface area contributed by atoms with Crippen molar-refractivity contribution in [3.05, 3.63) is 59.7 Å². The molecule has 134 valence electrons. The number of methoxy groups -OCH3 is 1.